The second kappa shape index (κ2) is 11.3. The molecule has 1 saturated carbocycles. The number of aromatic nitrogens is 4. The van der Waals surface area contributed by atoms with E-state index in [-0.39, 0.29) is 26.7 Å². The third-order valence-electron chi connectivity index (χ3n) is 6.94. The van der Waals surface area contributed by atoms with Crippen molar-refractivity contribution in [2.45, 2.75) is 43.0 Å². The fourth-order valence-electron chi connectivity index (χ4n) is 4.26. The van der Waals surface area contributed by atoms with Gasteiger partial charge in [-0.2, -0.15) is 0 Å². The summed E-state index contributed by atoms with van der Waals surface area (Å²) >= 11 is 9.00. The summed E-state index contributed by atoms with van der Waals surface area (Å²) in [5.74, 6) is 0.372. The molecular weight excluding hydrogens is 566 g/mol. The Balaban J connectivity index is 1.48. The van der Waals surface area contributed by atoms with Crippen molar-refractivity contribution in [2.75, 3.05) is 47.3 Å². The molecule has 39 heavy (non-hydrogen) atoms. The monoisotopic (exact) mass is 596 g/mol. The number of urea groups is 1. The molecule has 1 aliphatic carbocycles. The lowest BCUT2D eigenvalue weighted by Gasteiger charge is -2.31. The van der Waals surface area contributed by atoms with Crippen molar-refractivity contribution in [2.24, 2.45) is 0 Å². The van der Waals surface area contributed by atoms with Crippen molar-refractivity contribution in [3.05, 3.63) is 34.1 Å². The Hall–Kier alpha value is -2.32. The maximum absolute atomic E-state index is 13.2. The Morgan fingerprint density at radius 2 is 2.05 bits per heavy atom. The number of rotatable bonds is 9. The highest BCUT2D eigenvalue weighted by Gasteiger charge is 2.37. The summed E-state index contributed by atoms with van der Waals surface area (Å²) in [6, 6.07) is 2.08. The number of likely N-dealkylation sites (N-methyl/N-ethyl adjacent to an activating group) is 2. The van der Waals surface area contributed by atoms with Crippen LogP contribution in [0.4, 0.5) is 13.6 Å². The molecule has 1 N–H and O–H groups in total. The lowest BCUT2D eigenvalue weighted by atomic mass is 9.99. The number of carbonyl (C=O) groups is 1. The Kier molecular flexibility index (Phi) is 8.16. The van der Waals surface area contributed by atoms with E-state index in [0.717, 1.165) is 46.8 Å². The SMILES string of the molecule is CN(C)CCN(C)C(=O)N1CC=C(c2cc(SNC3(C)CC3)cn3c(-c4nnc(C(F)F)s4)nc(Cl)c23)CC1. The van der Waals surface area contributed by atoms with E-state index in [4.69, 9.17) is 11.6 Å². The summed E-state index contributed by atoms with van der Waals surface area (Å²) in [7, 11) is 5.79. The summed E-state index contributed by atoms with van der Waals surface area (Å²) in [6.07, 6.45) is 4.12. The van der Waals surface area contributed by atoms with Crippen LogP contribution in [0.1, 0.15) is 43.2 Å². The first kappa shape index (κ1) is 28.2. The summed E-state index contributed by atoms with van der Waals surface area (Å²) in [4.78, 5) is 24.0. The van der Waals surface area contributed by atoms with Gasteiger partial charge in [-0.25, -0.2) is 18.6 Å². The molecule has 0 radical (unpaired) electrons. The highest BCUT2D eigenvalue weighted by atomic mass is 35.5. The predicted octanol–water partition coefficient (Wildman–Crippen LogP) is 5.30. The first-order chi connectivity index (χ1) is 18.5. The normalized spacial score (nSPS) is 16.8. The number of pyridine rings is 1. The smallest absolute Gasteiger partial charge is 0.320 e. The number of fused-ring (bicyclic) bond motifs is 1. The van der Waals surface area contributed by atoms with Crippen molar-refractivity contribution in [1.29, 1.82) is 0 Å². The molecule has 2 amide bonds. The maximum Gasteiger partial charge on any atom is 0.320 e. The molecule has 3 aromatic heterocycles. The number of nitrogens with one attached hydrogen (secondary N) is 1. The average Bonchev–Trinajstić information content (AvgIpc) is 3.30. The number of halogens is 3. The zero-order valence-corrected chi connectivity index (χ0v) is 24.6. The molecule has 0 spiro atoms. The number of imidazole rings is 1. The molecule has 0 bridgehead atoms. The summed E-state index contributed by atoms with van der Waals surface area (Å²) in [6.45, 7) is 4.67. The van der Waals surface area contributed by atoms with Crippen LogP contribution in [0.2, 0.25) is 5.15 Å². The van der Waals surface area contributed by atoms with Crippen LogP contribution in [0.15, 0.2) is 23.2 Å². The minimum absolute atomic E-state index is 0.000689. The van der Waals surface area contributed by atoms with E-state index < -0.39 is 6.43 Å². The van der Waals surface area contributed by atoms with Crippen LogP contribution in [0.25, 0.3) is 21.9 Å². The van der Waals surface area contributed by atoms with Crippen molar-refractivity contribution < 1.29 is 13.6 Å². The largest absolute Gasteiger partial charge is 0.326 e. The number of carbonyl (C=O) groups excluding carboxylic acids is 1. The quantitative estimate of drug-likeness (QED) is 0.336. The van der Waals surface area contributed by atoms with E-state index in [1.807, 2.05) is 41.5 Å². The molecule has 2 aliphatic rings. The highest BCUT2D eigenvalue weighted by molar-refractivity contribution is 7.97. The fourth-order valence-corrected chi connectivity index (χ4v) is 6.12. The van der Waals surface area contributed by atoms with Crippen LogP contribution in [0.5, 0.6) is 0 Å². The van der Waals surface area contributed by atoms with Gasteiger partial charge >= 0.3 is 6.03 Å². The Labute approximate surface area is 239 Å². The van der Waals surface area contributed by atoms with Crippen LogP contribution in [-0.4, -0.2) is 93.2 Å². The van der Waals surface area contributed by atoms with Gasteiger partial charge in [0.1, 0.15) is 0 Å². The minimum atomic E-state index is -2.71. The van der Waals surface area contributed by atoms with Crippen molar-refractivity contribution in [3.8, 4) is 10.8 Å². The van der Waals surface area contributed by atoms with Gasteiger partial charge in [0.05, 0.1) is 5.52 Å². The van der Waals surface area contributed by atoms with Gasteiger partial charge in [-0.05, 0) is 63.9 Å². The maximum atomic E-state index is 13.2. The van der Waals surface area contributed by atoms with Crippen LogP contribution >= 0.6 is 34.9 Å². The number of hydrogen-bond acceptors (Lipinski definition) is 8. The second-order valence-electron chi connectivity index (χ2n) is 10.5. The molecule has 0 atom stereocenters. The number of alkyl halides is 2. The van der Waals surface area contributed by atoms with Gasteiger partial charge in [0, 0.05) is 55.4 Å². The van der Waals surface area contributed by atoms with Crippen LogP contribution in [-0.2, 0) is 0 Å². The Morgan fingerprint density at radius 1 is 1.28 bits per heavy atom. The molecule has 1 aliphatic heterocycles. The molecular formula is C25H31ClF2N8OS2. The molecule has 14 heteroatoms. The third-order valence-corrected chi connectivity index (χ3v) is 9.18. The van der Waals surface area contributed by atoms with Gasteiger partial charge in [0.15, 0.2) is 21.0 Å². The van der Waals surface area contributed by atoms with Gasteiger partial charge in [-0.1, -0.05) is 29.0 Å². The first-order valence-electron chi connectivity index (χ1n) is 12.7. The molecule has 1 fully saturated rings. The van der Waals surface area contributed by atoms with E-state index in [1.165, 1.54) is 11.9 Å². The van der Waals surface area contributed by atoms with E-state index in [2.05, 4.69) is 39.0 Å². The van der Waals surface area contributed by atoms with Crippen molar-refractivity contribution in [1.82, 2.24) is 39.0 Å². The molecule has 0 aromatic carbocycles. The number of amides is 2. The summed E-state index contributed by atoms with van der Waals surface area (Å²) in [5.41, 5.74) is 2.73. The van der Waals surface area contributed by atoms with Crippen molar-refractivity contribution >= 4 is 52.0 Å². The standard InChI is InChI=1S/C25H31ClF2N8OS2/c1-25(7-8-25)32-39-16-13-17(15-5-9-35(10-6-15)24(37)34(4)12-11-33(2)3)18-19(26)29-21(36(18)14-16)23-31-30-22(38-23)20(27)28/h5,13-14,20,32H,6-12H2,1-4H3. The van der Waals surface area contributed by atoms with Gasteiger partial charge in [0.2, 0.25) is 0 Å². The van der Waals surface area contributed by atoms with Crippen LogP contribution < -0.4 is 4.72 Å². The molecule has 0 unspecified atom stereocenters. The molecule has 210 valence electrons. The topological polar surface area (TPSA) is 81.9 Å². The lowest BCUT2D eigenvalue weighted by molar-refractivity contribution is 0.150. The highest BCUT2D eigenvalue weighted by Crippen LogP contribution is 2.40. The molecule has 9 nitrogen and oxygen atoms in total. The van der Waals surface area contributed by atoms with Crippen molar-refractivity contribution in [3.63, 3.8) is 0 Å². The predicted molar refractivity (Wildman–Crippen MR) is 151 cm³/mol. The van der Waals surface area contributed by atoms with E-state index in [1.54, 1.807) is 4.90 Å². The summed E-state index contributed by atoms with van der Waals surface area (Å²) in [5, 5.41) is 7.77. The molecule has 0 saturated heterocycles. The van der Waals surface area contributed by atoms with Gasteiger partial charge < -0.3 is 14.7 Å². The van der Waals surface area contributed by atoms with Gasteiger partial charge in [0.25, 0.3) is 6.43 Å². The van der Waals surface area contributed by atoms with E-state index in [9.17, 15) is 13.6 Å². The van der Waals surface area contributed by atoms with Gasteiger partial charge in [-0.3, -0.25) is 9.12 Å². The second-order valence-corrected chi connectivity index (χ2v) is 12.7. The van der Waals surface area contributed by atoms with Crippen LogP contribution in [0.3, 0.4) is 0 Å². The fraction of sp³-hybridized carbons (Fsp3) is 0.520. The first-order valence-corrected chi connectivity index (χ1v) is 14.7. The third kappa shape index (κ3) is 6.22. The lowest BCUT2D eigenvalue weighted by Crippen LogP contribution is -2.45. The zero-order chi connectivity index (χ0) is 27.9. The zero-order valence-electron chi connectivity index (χ0n) is 22.2. The Bertz CT molecular complexity index is 1400. The molecule has 3 aromatic rings. The number of nitrogens with zero attached hydrogens (tertiary/aromatic N) is 7. The Morgan fingerprint density at radius 3 is 2.67 bits per heavy atom. The van der Waals surface area contributed by atoms with E-state index in [0.29, 0.717) is 37.4 Å². The van der Waals surface area contributed by atoms with Crippen LogP contribution in [0, 0.1) is 0 Å². The molecule has 4 heterocycles. The molecule has 5 rings (SSSR count). The minimum Gasteiger partial charge on any atom is -0.326 e. The summed E-state index contributed by atoms with van der Waals surface area (Å²) < 4.78 is 31.8. The average molecular weight is 597 g/mol. The van der Waals surface area contributed by atoms with Gasteiger partial charge in [-0.15, -0.1) is 10.2 Å². The van der Waals surface area contributed by atoms with E-state index >= 15 is 0 Å². The number of hydrogen-bond donors (Lipinski definition) is 1.